The molecule has 8 nitrogen and oxygen atoms in total. The van der Waals surface area contributed by atoms with Gasteiger partial charge in [0.2, 0.25) is 20.0 Å². The Labute approximate surface area is 173 Å². The summed E-state index contributed by atoms with van der Waals surface area (Å²) in [6.07, 6.45) is 1.71. The fourth-order valence-electron chi connectivity index (χ4n) is 3.42. The van der Waals surface area contributed by atoms with Gasteiger partial charge >= 0.3 is 0 Å². The second kappa shape index (κ2) is 8.55. The van der Waals surface area contributed by atoms with Crippen molar-refractivity contribution in [1.29, 1.82) is 0 Å². The molecule has 0 saturated carbocycles. The van der Waals surface area contributed by atoms with Crippen molar-refractivity contribution in [2.75, 3.05) is 19.6 Å². The zero-order valence-electron chi connectivity index (χ0n) is 17.0. The van der Waals surface area contributed by atoms with Crippen LogP contribution in [0.5, 0.6) is 0 Å². The first kappa shape index (κ1) is 21.9. The Balaban J connectivity index is 1.64. The standard InChI is InChI=1S/C19H28N4O4S2/c1-15(14-23-17(3)12-16(2)21-23)13-20-28(24,25)18-6-8-19(9-7-18)29(26,27)22-10-4-5-11-22/h6-9,12,15,20H,4-5,10-11,13-14H2,1-3H3. The maximum atomic E-state index is 12.6. The number of nitrogens with zero attached hydrogens (tertiary/aromatic N) is 3. The number of rotatable bonds is 8. The Morgan fingerprint density at radius 2 is 1.62 bits per heavy atom. The molecule has 2 aromatic rings. The van der Waals surface area contributed by atoms with Gasteiger partial charge in [-0.25, -0.2) is 21.6 Å². The Morgan fingerprint density at radius 1 is 1.03 bits per heavy atom. The predicted molar refractivity (Wildman–Crippen MR) is 110 cm³/mol. The molecule has 0 radical (unpaired) electrons. The van der Waals surface area contributed by atoms with Crippen molar-refractivity contribution >= 4 is 20.0 Å². The molecule has 160 valence electrons. The molecule has 1 aromatic heterocycles. The number of aryl methyl sites for hydroxylation is 2. The van der Waals surface area contributed by atoms with Gasteiger partial charge in [-0.2, -0.15) is 9.40 Å². The van der Waals surface area contributed by atoms with E-state index in [9.17, 15) is 16.8 Å². The van der Waals surface area contributed by atoms with Gasteiger partial charge in [-0.05, 0) is 62.9 Å². The molecular weight excluding hydrogens is 412 g/mol. The van der Waals surface area contributed by atoms with E-state index in [0.29, 0.717) is 19.6 Å². The number of hydrogen-bond acceptors (Lipinski definition) is 5. The molecule has 3 rings (SSSR count). The SMILES string of the molecule is Cc1cc(C)n(CC(C)CNS(=O)(=O)c2ccc(S(=O)(=O)N3CCCC3)cc2)n1. The topological polar surface area (TPSA) is 101 Å². The second-order valence-electron chi connectivity index (χ2n) is 7.65. The van der Waals surface area contributed by atoms with Crippen LogP contribution >= 0.6 is 0 Å². The first-order valence-electron chi connectivity index (χ1n) is 9.70. The lowest BCUT2D eigenvalue weighted by Crippen LogP contribution is -2.30. The fraction of sp³-hybridized carbons (Fsp3) is 0.526. The van der Waals surface area contributed by atoms with Crippen molar-refractivity contribution in [3.05, 3.63) is 41.7 Å². The largest absolute Gasteiger partial charge is 0.269 e. The molecule has 2 heterocycles. The summed E-state index contributed by atoms with van der Waals surface area (Å²) in [6.45, 7) is 7.72. The van der Waals surface area contributed by atoms with Gasteiger partial charge < -0.3 is 0 Å². The van der Waals surface area contributed by atoms with Crippen LogP contribution in [0.3, 0.4) is 0 Å². The average molecular weight is 441 g/mol. The Hall–Kier alpha value is -1.75. The summed E-state index contributed by atoms with van der Waals surface area (Å²) in [4.78, 5) is 0.174. The number of aromatic nitrogens is 2. The maximum Gasteiger partial charge on any atom is 0.243 e. The van der Waals surface area contributed by atoms with Crippen LogP contribution in [0.2, 0.25) is 0 Å². The first-order valence-corrected chi connectivity index (χ1v) is 12.6. The molecule has 1 aromatic carbocycles. The van der Waals surface area contributed by atoms with E-state index in [0.717, 1.165) is 24.2 Å². The molecule has 0 bridgehead atoms. The minimum absolute atomic E-state index is 0.0394. The van der Waals surface area contributed by atoms with Crippen molar-refractivity contribution in [2.45, 2.75) is 49.9 Å². The summed E-state index contributed by atoms with van der Waals surface area (Å²) in [5.41, 5.74) is 1.96. The zero-order valence-corrected chi connectivity index (χ0v) is 18.6. The van der Waals surface area contributed by atoms with Crippen LogP contribution in [0, 0.1) is 19.8 Å². The van der Waals surface area contributed by atoms with Gasteiger partial charge in [0.25, 0.3) is 0 Å². The normalized spacial score (nSPS) is 16.9. The number of benzene rings is 1. The third-order valence-corrected chi connectivity index (χ3v) is 8.40. The van der Waals surface area contributed by atoms with Crippen LogP contribution in [0.15, 0.2) is 40.1 Å². The predicted octanol–water partition coefficient (Wildman–Crippen LogP) is 1.90. The van der Waals surface area contributed by atoms with Crippen LogP contribution in [0.4, 0.5) is 0 Å². The summed E-state index contributed by atoms with van der Waals surface area (Å²) in [6, 6.07) is 7.39. The van der Waals surface area contributed by atoms with Crippen LogP contribution in [-0.2, 0) is 26.6 Å². The average Bonchev–Trinajstić information content (AvgIpc) is 3.31. The molecule has 10 heteroatoms. The van der Waals surface area contributed by atoms with Crippen LogP contribution < -0.4 is 4.72 Å². The third-order valence-electron chi connectivity index (χ3n) is 5.05. The fourth-order valence-corrected chi connectivity index (χ4v) is 6.11. The van der Waals surface area contributed by atoms with Crippen LogP contribution in [0.25, 0.3) is 0 Å². The van der Waals surface area contributed by atoms with E-state index in [4.69, 9.17) is 0 Å². The van der Waals surface area contributed by atoms with Crippen molar-refractivity contribution in [3.63, 3.8) is 0 Å². The van der Waals surface area contributed by atoms with Crippen LogP contribution in [0.1, 0.15) is 31.2 Å². The zero-order chi connectivity index (χ0) is 21.2. The molecular formula is C19H28N4O4S2. The van der Waals surface area contributed by atoms with E-state index in [1.54, 1.807) is 0 Å². The summed E-state index contributed by atoms with van der Waals surface area (Å²) in [5.74, 6) is 0.0394. The van der Waals surface area contributed by atoms with E-state index >= 15 is 0 Å². The first-order chi connectivity index (χ1) is 13.6. The van der Waals surface area contributed by atoms with Gasteiger partial charge in [-0.3, -0.25) is 4.68 Å². The third kappa shape index (κ3) is 5.06. The lowest BCUT2D eigenvalue weighted by atomic mass is 10.2. The Bertz CT molecular complexity index is 1050. The van der Waals surface area contributed by atoms with Crippen molar-refractivity contribution in [2.24, 2.45) is 5.92 Å². The second-order valence-corrected chi connectivity index (χ2v) is 11.4. The van der Waals surface area contributed by atoms with Crippen molar-refractivity contribution in [3.8, 4) is 0 Å². The summed E-state index contributed by atoms with van der Waals surface area (Å²) < 4.78 is 56.2. The minimum Gasteiger partial charge on any atom is -0.269 e. The molecule has 29 heavy (non-hydrogen) atoms. The smallest absolute Gasteiger partial charge is 0.243 e. The van der Waals surface area contributed by atoms with Crippen molar-refractivity contribution in [1.82, 2.24) is 18.8 Å². The molecule has 1 atom stereocenters. The molecule has 1 aliphatic rings. The Morgan fingerprint density at radius 3 is 2.17 bits per heavy atom. The van der Waals surface area contributed by atoms with E-state index in [2.05, 4.69) is 9.82 Å². The van der Waals surface area contributed by atoms with Gasteiger partial charge in [-0.15, -0.1) is 0 Å². The van der Waals surface area contributed by atoms with Gasteiger partial charge in [-0.1, -0.05) is 6.92 Å². The summed E-state index contributed by atoms with van der Waals surface area (Å²) in [7, 11) is -7.28. The molecule has 0 amide bonds. The van der Waals surface area contributed by atoms with Crippen LogP contribution in [-0.4, -0.2) is 50.6 Å². The highest BCUT2D eigenvalue weighted by Crippen LogP contribution is 2.22. The molecule has 0 spiro atoms. The number of hydrogen-bond donors (Lipinski definition) is 1. The quantitative estimate of drug-likeness (QED) is 0.676. The van der Waals surface area contributed by atoms with Gasteiger partial charge in [0.05, 0.1) is 15.5 Å². The van der Waals surface area contributed by atoms with E-state index in [1.807, 2.05) is 31.5 Å². The summed E-state index contributed by atoms with van der Waals surface area (Å²) in [5, 5.41) is 4.40. The van der Waals surface area contributed by atoms with E-state index in [-0.39, 0.29) is 22.3 Å². The molecule has 1 fully saturated rings. The van der Waals surface area contributed by atoms with Gasteiger partial charge in [0.1, 0.15) is 0 Å². The molecule has 0 aliphatic carbocycles. The monoisotopic (exact) mass is 440 g/mol. The van der Waals surface area contributed by atoms with E-state index < -0.39 is 20.0 Å². The maximum absolute atomic E-state index is 12.6. The molecule has 1 saturated heterocycles. The molecule has 1 aliphatic heterocycles. The van der Waals surface area contributed by atoms with Gasteiger partial charge in [0, 0.05) is 31.9 Å². The van der Waals surface area contributed by atoms with E-state index in [1.165, 1.54) is 28.6 Å². The van der Waals surface area contributed by atoms with Gasteiger partial charge in [0.15, 0.2) is 0 Å². The highest BCUT2D eigenvalue weighted by Gasteiger charge is 2.27. The highest BCUT2D eigenvalue weighted by atomic mass is 32.2. The van der Waals surface area contributed by atoms with Crippen molar-refractivity contribution < 1.29 is 16.8 Å². The lowest BCUT2D eigenvalue weighted by molar-refractivity contribution is 0.436. The molecule has 1 unspecified atom stereocenters. The number of sulfonamides is 2. The highest BCUT2D eigenvalue weighted by molar-refractivity contribution is 7.89. The minimum atomic E-state index is -3.72. The Kier molecular flexibility index (Phi) is 6.47. The molecule has 1 N–H and O–H groups in total. The summed E-state index contributed by atoms with van der Waals surface area (Å²) >= 11 is 0. The lowest BCUT2D eigenvalue weighted by Gasteiger charge is -2.16. The number of nitrogens with one attached hydrogen (secondary N) is 1.